The lowest BCUT2D eigenvalue weighted by atomic mass is 10.1. The molecule has 1 saturated heterocycles. The monoisotopic (exact) mass is 278 g/mol. The number of nitrogens with one attached hydrogen (secondary N) is 1. The zero-order valence-corrected chi connectivity index (χ0v) is 11.6. The Kier molecular flexibility index (Phi) is 4.34. The molecule has 1 fully saturated rings. The minimum atomic E-state index is -0.477. The maximum absolute atomic E-state index is 12.1. The van der Waals surface area contributed by atoms with Crippen LogP contribution in [0.3, 0.4) is 0 Å². The van der Waals surface area contributed by atoms with Crippen molar-refractivity contribution in [2.24, 2.45) is 0 Å². The molecule has 0 unspecified atom stereocenters. The zero-order chi connectivity index (χ0) is 14.7. The Morgan fingerprint density at radius 3 is 2.90 bits per heavy atom. The number of amides is 1. The molecular formula is C14H18N2O4. The number of nitrogens with zero attached hydrogens (tertiary/aromatic N) is 1. The highest BCUT2D eigenvalue weighted by molar-refractivity contribution is 5.95. The normalized spacial score (nSPS) is 19.6. The standard InChI is InChI=1S/C14H18N2O4/c1-9-5-6-11(8-12(9)16(18)19)14(17)15-10(2)13-4-3-7-20-13/h5-6,8,10,13H,3-4,7H2,1-2H3,(H,15,17)/t10-,13+/m1/s1. The van der Waals surface area contributed by atoms with Gasteiger partial charge in [-0.05, 0) is 32.8 Å². The van der Waals surface area contributed by atoms with Gasteiger partial charge in [0.2, 0.25) is 0 Å². The topological polar surface area (TPSA) is 81.5 Å². The molecule has 0 aliphatic carbocycles. The molecule has 20 heavy (non-hydrogen) atoms. The summed E-state index contributed by atoms with van der Waals surface area (Å²) in [5, 5.41) is 13.7. The molecule has 1 aromatic rings. The number of aryl methyl sites for hydroxylation is 1. The van der Waals surface area contributed by atoms with Crippen molar-refractivity contribution in [3.8, 4) is 0 Å². The summed E-state index contributed by atoms with van der Waals surface area (Å²) >= 11 is 0. The lowest BCUT2D eigenvalue weighted by Gasteiger charge is -2.20. The minimum Gasteiger partial charge on any atom is -0.376 e. The first-order valence-corrected chi connectivity index (χ1v) is 6.66. The first kappa shape index (κ1) is 14.5. The minimum absolute atomic E-state index is 0.0272. The van der Waals surface area contributed by atoms with E-state index in [-0.39, 0.29) is 23.7 Å². The first-order valence-electron chi connectivity index (χ1n) is 6.66. The van der Waals surface area contributed by atoms with Crippen LogP contribution in [0, 0.1) is 17.0 Å². The summed E-state index contributed by atoms with van der Waals surface area (Å²) in [7, 11) is 0. The summed E-state index contributed by atoms with van der Waals surface area (Å²) in [6.07, 6.45) is 1.95. The van der Waals surface area contributed by atoms with Crippen molar-refractivity contribution >= 4 is 11.6 Å². The molecule has 1 aliphatic rings. The maximum atomic E-state index is 12.1. The van der Waals surface area contributed by atoms with E-state index in [4.69, 9.17) is 4.74 Å². The van der Waals surface area contributed by atoms with Gasteiger partial charge in [-0.3, -0.25) is 14.9 Å². The molecule has 6 nitrogen and oxygen atoms in total. The number of hydrogen-bond donors (Lipinski definition) is 1. The van der Waals surface area contributed by atoms with Crippen LogP contribution in [0.5, 0.6) is 0 Å². The largest absolute Gasteiger partial charge is 0.376 e. The average Bonchev–Trinajstić information content (AvgIpc) is 2.92. The molecule has 108 valence electrons. The van der Waals surface area contributed by atoms with Gasteiger partial charge in [-0.1, -0.05) is 6.07 Å². The number of carbonyl (C=O) groups is 1. The van der Waals surface area contributed by atoms with Crippen LogP contribution in [0.1, 0.15) is 35.7 Å². The van der Waals surface area contributed by atoms with Gasteiger partial charge in [0, 0.05) is 23.8 Å². The van der Waals surface area contributed by atoms with Crippen LogP contribution < -0.4 is 5.32 Å². The van der Waals surface area contributed by atoms with E-state index in [0.29, 0.717) is 11.1 Å². The predicted octanol–water partition coefficient (Wildman–Crippen LogP) is 2.20. The van der Waals surface area contributed by atoms with Gasteiger partial charge < -0.3 is 10.1 Å². The van der Waals surface area contributed by atoms with E-state index in [9.17, 15) is 14.9 Å². The summed E-state index contributed by atoms with van der Waals surface area (Å²) in [4.78, 5) is 22.5. The van der Waals surface area contributed by atoms with Gasteiger partial charge in [0.05, 0.1) is 17.1 Å². The average molecular weight is 278 g/mol. The Hall–Kier alpha value is -1.95. The summed E-state index contributed by atoms with van der Waals surface area (Å²) in [6.45, 7) is 4.26. The van der Waals surface area contributed by atoms with Crippen molar-refractivity contribution in [3.05, 3.63) is 39.4 Å². The molecule has 2 rings (SSSR count). The predicted molar refractivity (Wildman–Crippen MR) is 73.7 cm³/mol. The third kappa shape index (κ3) is 3.14. The first-order chi connectivity index (χ1) is 9.49. The van der Waals surface area contributed by atoms with Gasteiger partial charge >= 0.3 is 0 Å². The Balaban J connectivity index is 2.08. The van der Waals surface area contributed by atoms with Gasteiger partial charge in [-0.25, -0.2) is 0 Å². The fraction of sp³-hybridized carbons (Fsp3) is 0.500. The van der Waals surface area contributed by atoms with E-state index in [1.807, 2.05) is 6.92 Å². The summed E-state index contributed by atoms with van der Waals surface area (Å²) in [6, 6.07) is 4.39. The Morgan fingerprint density at radius 2 is 2.30 bits per heavy atom. The molecule has 0 spiro atoms. The number of benzene rings is 1. The molecular weight excluding hydrogens is 260 g/mol. The van der Waals surface area contributed by atoms with Gasteiger partial charge in [0.15, 0.2) is 0 Å². The van der Waals surface area contributed by atoms with Gasteiger partial charge in [0.25, 0.3) is 11.6 Å². The van der Waals surface area contributed by atoms with E-state index in [2.05, 4.69) is 5.32 Å². The van der Waals surface area contributed by atoms with Crippen LogP contribution in [0.25, 0.3) is 0 Å². The number of nitro benzene ring substituents is 1. The van der Waals surface area contributed by atoms with E-state index < -0.39 is 4.92 Å². The van der Waals surface area contributed by atoms with E-state index in [1.54, 1.807) is 19.1 Å². The second-order valence-corrected chi connectivity index (χ2v) is 5.07. The second kappa shape index (κ2) is 6.00. The van der Waals surface area contributed by atoms with Crippen molar-refractivity contribution in [1.29, 1.82) is 0 Å². The van der Waals surface area contributed by atoms with Gasteiger partial charge in [-0.15, -0.1) is 0 Å². The molecule has 0 saturated carbocycles. The highest BCUT2D eigenvalue weighted by Gasteiger charge is 2.24. The molecule has 2 atom stereocenters. The molecule has 0 radical (unpaired) electrons. The summed E-state index contributed by atoms with van der Waals surface area (Å²) < 4.78 is 5.51. The van der Waals surface area contributed by atoms with E-state index in [1.165, 1.54) is 6.07 Å². The fourth-order valence-corrected chi connectivity index (χ4v) is 2.33. The lowest BCUT2D eigenvalue weighted by molar-refractivity contribution is -0.385. The molecule has 0 bridgehead atoms. The van der Waals surface area contributed by atoms with Crippen molar-refractivity contribution < 1.29 is 14.5 Å². The summed E-state index contributed by atoms with van der Waals surface area (Å²) in [5.41, 5.74) is 0.799. The number of ether oxygens (including phenoxy) is 1. The van der Waals surface area contributed by atoms with Gasteiger partial charge in [0.1, 0.15) is 0 Å². The molecule has 6 heteroatoms. The van der Waals surface area contributed by atoms with E-state index >= 15 is 0 Å². The summed E-state index contributed by atoms with van der Waals surface area (Å²) in [5.74, 6) is -0.309. The number of nitro groups is 1. The molecule has 1 aromatic carbocycles. The third-order valence-electron chi connectivity index (χ3n) is 3.55. The van der Waals surface area contributed by atoms with Crippen LogP contribution in [0.2, 0.25) is 0 Å². The van der Waals surface area contributed by atoms with Crippen LogP contribution in [0.15, 0.2) is 18.2 Å². The van der Waals surface area contributed by atoms with Crippen molar-refractivity contribution in [2.75, 3.05) is 6.61 Å². The Bertz CT molecular complexity index is 524. The number of rotatable bonds is 4. The SMILES string of the molecule is Cc1ccc(C(=O)N[C@H](C)[C@@H]2CCCO2)cc1[N+](=O)[O-]. The van der Waals surface area contributed by atoms with E-state index in [0.717, 1.165) is 19.4 Å². The van der Waals surface area contributed by atoms with Crippen LogP contribution in [0.4, 0.5) is 5.69 Å². The molecule has 0 aromatic heterocycles. The quantitative estimate of drug-likeness (QED) is 0.676. The third-order valence-corrected chi connectivity index (χ3v) is 3.55. The smallest absolute Gasteiger partial charge is 0.273 e. The fourth-order valence-electron chi connectivity index (χ4n) is 2.33. The molecule has 1 N–H and O–H groups in total. The molecule has 1 aliphatic heterocycles. The lowest BCUT2D eigenvalue weighted by Crippen LogP contribution is -2.40. The Morgan fingerprint density at radius 1 is 1.55 bits per heavy atom. The highest BCUT2D eigenvalue weighted by Crippen LogP contribution is 2.20. The van der Waals surface area contributed by atoms with Crippen LogP contribution in [-0.4, -0.2) is 29.6 Å². The van der Waals surface area contributed by atoms with Gasteiger partial charge in [-0.2, -0.15) is 0 Å². The maximum Gasteiger partial charge on any atom is 0.273 e. The molecule has 1 heterocycles. The number of carbonyl (C=O) groups excluding carboxylic acids is 1. The number of hydrogen-bond acceptors (Lipinski definition) is 4. The van der Waals surface area contributed by atoms with Crippen molar-refractivity contribution in [2.45, 2.75) is 38.8 Å². The molecule has 1 amide bonds. The zero-order valence-electron chi connectivity index (χ0n) is 11.6. The van der Waals surface area contributed by atoms with Crippen molar-refractivity contribution in [3.63, 3.8) is 0 Å². The second-order valence-electron chi connectivity index (χ2n) is 5.07. The Labute approximate surface area is 117 Å². The highest BCUT2D eigenvalue weighted by atomic mass is 16.6. The van der Waals surface area contributed by atoms with Crippen LogP contribution >= 0.6 is 0 Å². The van der Waals surface area contributed by atoms with Crippen LogP contribution in [-0.2, 0) is 4.74 Å². The van der Waals surface area contributed by atoms with Crippen molar-refractivity contribution in [1.82, 2.24) is 5.32 Å².